The van der Waals surface area contributed by atoms with E-state index in [4.69, 9.17) is 11.6 Å². The van der Waals surface area contributed by atoms with Gasteiger partial charge in [-0.25, -0.2) is 0 Å². The minimum absolute atomic E-state index is 0.223. The van der Waals surface area contributed by atoms with Crippen LogP contribution in [0.4, 0.5) is 0 Å². The number of hydrogen-bond donors (Lipinski definition) is 1. The Morgan fingerprint density at radius 2 is 2.25 bits per heavy atom. The van der Waals surface area contributed by atoms with Crippen molar-refractivity contribution in [1.29, 1.82) is 0 Å². The maximum Gasteiger partial charge on any atom is 0.223 e. The third-order valence-electron chi connectivity index (χ3n) is 3.60. The number of amides is 1. The van der Waals surface area contributed by atoms with Crippen molar-refractivity contribution in [2.75, 3.05) is 19.6 Å². The second kappa shape index (κ2) is 7.81. The molecule has 0 unspecified atom stereocenters. The monoisotopic (exact) mass is 312 g/mol. The van der Waals surface area contributed by atoms with Crippen LogP contribution in [0.15, 0.2) is 24.8 Å². The Hall–Kier alpha value is -0.840. The summed E-state index contributed by atoms with van der Waals surface area (Å²) in [5, 5.41) is 3.33. The fraction of sp³-hybridized carbons (Fsp3) is 0.533. The molecule has 0 aliphatic carbocycles. The molecule has 1 amide bonds. The van der Waals surface area contributed by atoms with Gasteiger partial charge in [0, 0.05) is 17.8 Å². The van der Waals surface area contributed by atoms with E-state index in [9.17, 15) is 4.79 Å². The molecule has 0 spiro atoms. The Morgan fingerprint density at radius 1 is 1.50 bits per heavy atom. The first kappa shape index (κ1) is 15.5. The van der Waals surface area contributed by atoms with E-state index < -0.39 is 0 Å². The molecular weight excluding hydrogens is 292 g/mol. The quantitative estimate of drug-likeness (QED) is 0.817. The van der Waals surface area contributed by atoms with E-state index in [1.165, 1.54) is 11.3 Å². The summed E-state index contributed by atoms with van der Waals surface area (Å²) < 4.78 is 0.768. The highest BCUT2D eigenvalue weighted by Crippen LogP contribution is 2.24. The number of thiophene rings is 1. The lowest BCUT2D eigenvalue weighted by molar-refractivity contribution is -0.132. The lowest BCUT2D eigenvalue weighted by Gasteiger charge is -2.26. The topological polar surface area (TPSA) is 32.3 Å². The van der Waals surface area contributed by atoms with Gasteiger partial charge in [0.25, 0.3) is 0 Å². The molecule has 1 fully saturated rings. The van der Waals surface area contributed by atoms with E-state index in [2.05, 4.69) is 11.9 Å². The first-order valence-corrected chi connectivity index (χ1v) is 8.22. The van der Waals surface area contributed by atoms with Crippen LogP contribution in [-0.2, 0) is 11.3 Å². The summed E-state index contributed by atoms with van der Waals surface area (Å²) in [6.07, 6.45) is 4.63. The van der Waals surface area contributed by atoms with E-state index in [0.29, 0.717) is 25.4 Å². The third kappa shape index (κ3) is 4.62. The smallest absolute Gasteiger partial charge is 0.223 e. The summed E-state index contributed by atoms with van der Waals surface area (Å²) in [7, 11) is 0. The molecule has 1 aromatic heterocycles. The molecule has 1 aliphatic heterocycles. The number of nitrogens with zero attached hydrogens (tertiary/aromatic N) is 1. The van der Waals surface area contributed by atoms with Crippen molar-refractivity contribution in [2.45, 2.75) is 25.8 Å². The second-order valence-electron chi connectivity index (χ2n) is 5.17. The molecule has 20 heavy (non-hydrogen) atoms. The van der Waals surface area contributed by atoms with E-state index in [1.54, 1.807) is 6.08 Å². The molecule has 1 N–H and O–H groups in total. The highest BCUT2D eigenvalue weighted by atomic mass is 35.5. The molecule has 1 aliphatic rings. The van der Waals surface area contributed by atoms with Crippen LogP contribution in [0.2, 0.25) is 4.34 Å². The summed E-state index contributed by atoms with van der Waals surface area (Å²) in [6, 6.07) is 3.87. The maximum atomic E-state index is 12.4. The van der Waals surface area contributed by atoms with Crippen molar-refractivity contribution in [2.24, 2.45) is 5.92 Å². The van der Waals surface area contributed by atoms with Crippen molar-refractivity contribution in [1.82, 2.24) is 10.2 Å². The van der Waals surface area contributed by atoms with Crippen LogP contribution in [-0.4, -0.2) is 30.4 Å². The largest absolute Gasteiger partial charge is 0.334 e. The van der Waals surface area contributed by atoms with E-state index in [-0.39, 0.29) is 5.91 Å². The van der Waals surface area contributed by atoms with E-state index in [1.807, 2.05) is 17.0 Å². The van der Waals surface area contributed by atoms with Gasteiger partial charge in [0.05, 0.1) is 10.9 Å². The summed E-state index contributed by atoms with van der Waals surface area (Å²) in [5.74, 6) is 0.740. The van der Waals surface area contributed by atoms with Gasteiger partial charge in [0.1, 0.15) is 0 Å². The summed E-state index contributed by atoms with van der Waals surface area (Å²) in [4.78, 5) is 15.4. The predicted octanol–water partition coefficient (Wildman–Crippen LogP) is 3.31. The molecule has 2 rings (SSSR count). The number of piperidine rings is 1. The van der Waals surface area contributed by atoms with Crippen molar-refractivity contribution >= 4 is 28.8 Å². The van der Waals surface area contributed by atoms with Crippen LogP contribution in [0.1, 0.15) is 24.1 Å². The Kier molecular flexibility index (Phi) is 6.07. The molecule has 3 nitrogen and oxygen atoms in total. The van der Waals surface area contributed by atoms with Crippen LogP contribution in [0.3, 0.4) is 0 Å². The molecule has 0 radical (unpaired) electrons. The Balaban J connectivity index is 1.92. The minimum Gasteiger partial charge on any atom is -0.334 e. The van der Waals surface area contributed by atoms with Crippen LogP contribution in [0, 0.1) is 5.92 Å². The summed E-state index contributed by atoms with van der Waals surface area (Å²) >= 11 is 7.48. The van der Waals surface area contributed by atoms with Gasteiger partial charge in [0.2, 0.25) is 5.91 Å². The van der Waals surface area contributed by atoms with Crippen molar-refractivity contribution in [3.63, 3.8) is 0 Å². The van der Waals surface area contributed by atoms with Gasteiger partial charge in [-0.1, -0.05) is 17.7 Å². The molecule has 0 bridgehead atoms. The SMILES string of the molecule is C=CCN(Cc1ccc(Cl)s1)C(=O)CC1CCNCC1. The average molecular weight is 313 g/mol. The summed E-state index contributed by atoms with van der Waals surface area (Å²) in [5.41, 5.74) is 0. The van der Waals surface area contributed by atoms with Crippen molar-refractivity contribution < 1.29 is 4.79 Å². The van der Waals surface area contributed by atoms with E-state index in [0.717, 1.165) is 35.1 Å². The maximum absolute atomic E-state index is 12.4. The zero-order valence-corrected chi connectivity index (χ0v) is 13.2. The predicted molar refractivity (Wildman–Crippen MR) is 85.2 cm³/mol. The zero-order chi connectivity index (χ0) is 14.4. The van der Waals surface area contributed by atoms with Crippen LogP contribution < -0.4 is 5.32 Å². The average Bonchev–Trinajstić information content (AvgIpc) is 2.85. The number of carbonyl (C=O) groups is 1. The van der Waals surface area contributed by atoms with E-state index >= 15 is 0 Å². The fourth-order valence-electron chi connectivity index (χ4n) is 2.50. The molecular formula is C15H21ClN2OS. The first-order chi connectivity index (χ1) is 9.69. The van der Waals surface area contributed by atoms with Crippen molar-refractivity contribution in [3.8, 4) is 0 Å². The van der Waals surface area contributed by atoms with Gasteiger partial charge < -0.3 is 10.2 Å². The first-order valence-electron chi connectivity index (χ1n) is 7.02. The molecule has 1 aromatic rings. The number of carbonyl (C=O) groups excluding carboxylic acids is 1. The van der Waals surface area contributed by atoms with Crippen LogP contribution >= 0.6 is 22.9 Å². The van der Waals surface area contributed by atoms with Gasteiger partial charge in [0.15, 0.2) is 0 Å². The zero-order valence-electron chi connectivity index (χ0n) is 11.6. The Bertz CT molecular complexity index is 454. The Labute approximate surface area is 129 Å². The second-order valence-corrected chi connectivity index (χ2v) is 6.97. The standard InChI is InChI=1S/C15H21ClN2OS/c1-2-9-18(11-13-3-4-14(16)20-13)15(19)10-12-5-7-17-8-6-12/h2-4,12,17H,1,5-11H2. The van der Waals surface area contributed by atoms with Crippen LogP contribution in [0.5, 0.6) is 0 Å². The number of hydrogen-bond acceptors (Lipinski definition) is 3. The molecule has 0 atom stereocenters. The highest BCUT2D eigenvalue weighted by Gasteiger charge is 2.20. The molecule has 2 heterocycles. The number of rotatable bonds is 6. The summed E-state index contributed by atoms with van der Waals surface area (Å²) in [6.45, 7) is 7.03. The van der Waals surface area contributed by atoms with Crippen molar-refractivity contribution in [3.05, 3.63) is 34.0 Å². The number of nitrogens with one attached hydrogen (secondary N) is 1. The Morgan fingerprint density at radius 3 is 2.85 bits per heavy atom. The molecule has 0 aromatic carbocycles. The normalized spacial score (nSPS) is 16.1. The highest BCUT2D eigenvalue weighted by molar-refractivity contribution is 7.16. The van der Waals surface area contributed by atoms with Gasteiger partial charge in [-0.3, -0.25) is 4.79 Å². The van der Waals surface area contributed by atoms with Gasteiger partial charge in [-0.2, -0.15) is 0 Å². The molecule has 1 saturated heterocycles. The third-order valence-corrected chi connectivity index (χ3v) is 4.82. The van der Waals surface area contributed by atoms with Gasteiger partial charge in [-0.05, 0) is 44.0 Å². The molecule has 110 valence electrons. The molecule has 5 heteroatoms. The molecule has 0 saturated carbocycles. The van der Waals surface area contributed by atoms with Gasteiger partial charge in [-0.15, -0.1) is 17.9 Å². The lowest BCUT2D eigenvalue weighted by atomic mass is 9.94. The fourth-order valence-corrected chi connectivity index (χ4v) is 3.60. The lowest BCUT2D eigenvalue weighted by Crippen LogP contribution is -2.35. The number of halogens is 1. The van der Waals surface area contributed by atoms with Gasteiger partial charge >= 0.3 is 0 Å². The minimum atomic E-state index is 0.223. The van der Waals surface area contributed by atoms with Crippen LogP contribution in [0.25, 0.3) is 0 Å².